The van der Waals surface area contributed by atoms with E-state index in [9.17, 15) is 0 Å². The molecule has 2 heteroatoms. The number of nitrogens with one attached hydrogen (secondary N) is 1. The predicted octanol–water partition coefficient (Wildman–Crippen LogP) is 3.06. The molecule has 1 saturated carbocycles. The van der Waals surface area contributed by atoms with Gasteiger partial charge in [0, 0.05) is 17.8 Å². The average Bonchev–Trinajstić information content (AvgIpc) is 2.71. The molecule has 1 aromatic rings. The quantitative estimate of drug-likeness (QED) is 0.794. The fourth-order valence-corrected chi connectivity index (χ4v) is 2.19. The Morgan fingerprint density at radius 2 is 1.80 bits per heavy atom. The highest BCUT2D eigenvalue weighted by atomic mass is 14.9. The first-order chi connectivity index (χ1) is 7.25. The number of hydrogen-bond donors (Lipinski definition) is 2. The normalized spacial score (nSPS) is 19.1. The van der Waals surface area contributed by atoms with Crippen LogP contribution in [-0.4, -0.2) is 6.04 Å². The summed E-state index contributed by atoms with van der Waals surface area (Å²) in [5.41, 5.74) is 8.24. The minimum absolute atomic E-state index is 0.130. The van der Waals surface area contributed by atoms with Gasteiger partial charge in [-0.25, -0.2) is 0 Å². The molecule has 3 N–H and O–H groups in total. The molecule has 0 amide bonds. The summed E-state index contributed by atoms with van der Waals surface area (Å²) in [6, 6.07) is 9.31. The van der Waals surface area contributed by atoms with Crippen LogP contribution in [0.25, 0.3) is 0 Å². The van der Waals surface area contributed by atoms with Gasteiger partial charge in [-0.2, -0.15) is 0 Å². The Balaban J connectivity index is 1.97. The van der Waals surface area contributed by atoms with Crippen LogP contribution in [0.3, 0.4) is 0 Å². The van der Waals surface area contributed by atoms with Gasteiger partial charge in [-0.1, -0.05) is 25.0 Å². The zero-order chi connectivity index (χ0) is 10.7. The molecule has 0 aromatic heterocycles. The zero-order valence-corrected chi connectivity index (χ0v) is 9.37. The maximum Gasteiger partial charge on any atom is 0.0342 e. The number of nitrogens with two attached hydrogens (primary N) is 1. The molecular formula is C13H20N2. The molecule has 1 aliphatic rings. The van der Waals surface area contributed by atoms with Gasteiger partial charge in [0.1, 0.15) is 0 Å². The van der Waals surface area contributed by atoms with Gasteiger partial charge in [-0.3, -0.25) is 0 Å². The lowest BCUT2D eigenvalue weighted by atomic mass is 10.1. The van der Waals surface area contributed by atoms with E-state index in [-0.39, 0.29) is 6.04 Å². The maximum absolute atomic E-state index is 5.81. The van der Waals surface area contributed by atoms with Crippen LogP contribution >= 0.6 is 0 Å². The SMILES string of the molecule is CC(N)c1ccc(NC2CCCC2)cc1. The molecule has 1 atom stereocenters. The summed E-state index contributed by atoms with van der Waals surface area (Å²) in [5.74, 6) is 0. The Morgan fingerprint density at radius 1 is 1.20 bits per heavy atom. The van der Waals surface area contributed by atoms with Crippen molar-refractivity contribution in [3.05, 3.63) is 29.8 Å². The summed E-state index contributed by atoms with van der Waals surface area (Å²) < 4.78 is 0. The van der Waals surface area contributed by atoms with E-state index < -0.39 is 0 Å². The van der Waals surface area contributed by atoms with Gasteiger partial charge in [-0.15, -0.1) is 0 Å². The minimum Gasteiger partial charge on any atom is -0.382 e. The van der Waals surface area contributed by atoms with E-state index >= 15 is 0 Å². The molecule has 0 aliphatic heterocycles. The summed E-state index contributed by atoms with van der Waals surface area (Å²) in [5, 5.41) is 3.57. The van der Waals surface area contributed by atoms with Gasteiger partial charge in [0.25, 0.3) is 0 Å². The lowest BCUT2D eigenvalue weighted by molar-refractivity contribution is 0.755. The molecule has 2 nitrogen and oxygen atoms in total. The van der Waals surface area contributed by atoms with Crippen molar-refractivity contribution < 1.29 is 0 Å². The largest absolute Gasteiger partial charge is 0.382 e. The molecule has 15 heavy (non-hydrogen) atoms. The highest BCUT2D eigenvalue weighted by Gasteiger charge is 2.14. The van der Waals surface area contributed by atoms with E-state index in [4.69, 9.17) is 5.73 Å². The Kier molecular flexibility index (Phi) is 3.27. The van der Waals surface area contributed by atoms with Crippen molar-refractivity contribution in [3.8, 4) is 0 Å². The lowest BCUT2D eigenvalue weighted by Gasteiger charge is -2.14. The maximum atomic E-state index is 5.81. The molecular weight excluding hydrogens is 184 g/mol. The van der Waals surface area contributed by atoms with Crippen molar-refractivity contribution >= 4 is 5.69 Å². The van der Waals surface area contributed by atoms with Crippen LogP contribution in [0.4, 0.5) is 5.69 Å². The molecule has 1 aliphatic carbocycles. The van der Waals surface area contributed by atoms with Crippen LogP contribution in [0.2, 0.25) is 0 Å². The summed E-state index contributed by atoms with van der Waals surface area (Å²) in [6.45, 7) is 2.01. The minimum atomic E-state index is 0.130. The van der Waals surface area contributed by atoms with E-state index in [0.717, 1.165) is 0 Å². The third-order valence-electron chi connectivity index (χ3n) is 3.16. The third-order valence-corrected chi connectivity index (χ3v) is 3.16. The molecule has 1 unspecified atom stereocenters. The Bertz CT molecular complexity index is 297. The van der Waals surface area contributed by atoms with Crippen LogP contribution in [-0.2, 0) is 0 Å². The smallest absolute Gasteiger partial charge is 0.0342 e. The van der Waals surface area contributed by atoms with Gasteiger partial charge in [0.15, 0.2) is 0 Å². The molecule has 2 rings (SSSR count). The van der Waals surface area contributed by atoms with Crippen molar-refractivity contribution in [2.75, 3.05) is 5.32 Å². The standard InChI is InChI=1S/C13H20N2/c1-10(14)11-6-8-13(9-7-11)15-12-4-2-3-5-12/h6-10,12,15H,2-5,14H2,1H3. The Morgan fingerprint density at radius 3 is 2.33 bits per heavy atom. The predicted molar refractivity (Wildman–Crippen MR) is 64.9 cm³/mol. The summed E-state index contributed by atoms with van der Waals surface area (Å²) in [7, 11) is 0. The van der Waals surface area contributed by atoms with Crippen LogP contribution in [0, 0.1) is 0 Å². The third kappa shape index (κ3) is 2.72. The van der Waals surface area contributed by atoms with Gasteiger partial charge < -0.3 is 11.1 Å². The molecule has 82 valence electrons. The number of hydrogen-bond acceptors (Lipinski definition) is 2. The Hall–Kier alpha value is -1.02. The number of rotatable bonds is 3. The lowest BCUT2D eigenvalue weighted by Crippen LogP contribution is -2.14. The number of benzene rings is 1. The molecule has 0 heterocycles. The topological polar surface area (TPSA) is 38.0 Å². The summed E-state index contributed by atoms with van der Waals surface area (Å²) >= 11 is 0. The molecule has 0 saturated heterocycles. The van der Waals surface area contributed by atoms with Crippen molar-refractivity contribution in [2.45, 2.75) is 44.7 Å². The second-order valence-electron chi connectivity index (χ2n) is 4.54. The second kappa shape index (κ2) is 4.67. The Labute approximate surface area is 91.9 Å². The summed E-state index contributed by atoms with van der Waals surface area (Å²) in [6.07, 6.45) is 5.37. The highest BCUT2D eigenvalue weighted by molar-refractivity contribution is 5.46. The molecule has 0 bridgehead atoms. The van der Waals surface area contributed by atoms with E-state index in [1.54, 1.807) is 0 Å². The monoisotopic (exact) mass is 204 g/mol. The van der Waals surface area contributed by atoms with Crippen molar-refractivity contribution in [3.63, 3.8) is 0 Å². The fraction of sp³-hybridized carbons (Fsp3) is 0.538. The fourth-order valence-electron chi connectivity index (χ4n) is 2.19. The molecule has 1 aromatic carbocycles. The first-order valence-electron chi connectivity index (χ1n) is 5.88. The summed E-state index contributed by atoms with van der Waals surface area (Å²) in [4.78, 5) is 0. The molecule has 0 spiro atoms. The first-order valence-corrected chi connectivity index (χ1v) is 5.88. The van der Waals surface area contributed by atoms with Crippen molar-refractivity contribution in [2.24, 2.45) is 5.73 Å². The van der Waals surface area contributed by atoms with E-state index in [1.165, 1.54) is 36.9 Å². The van der Waals surface area contributed by atoms with Crippen molar-refractivity contribution in [1.82, 2.24) is 0 Å². The van der Waals surface area contributed by atoms with Crippen LogP contribution in [0.15, 0.2) is 24.3 Å². The van der Waals surface area contributed by atoms with Gasteiger partial charge in [0.2, 0.25) is 0 Å². The average molecular weight is 204 g/mol. The number of anilines is 1. The van der Waals surface area contributed by atoms with E-state index in [2.05, 4.69) is 29.6 Å². The van der Waals surface area contributed by atoms with Crippen LogP contribution in [0.1, 0.15) is 44.2 Å². The molecule has 1 fully saturated rings. The van der Waals surface area contributed by atoms with Gasteiger partial charge in [0.05, 0.1) is 0 Å². The van der Waals surface area contributed by atoms with Crippen molar-refractivity contribution in [1.29, 1.82) is 0 Å². The van der Waals surface area contributed by atoms with Gasteiger partial charge in [-0.05, 0) is 37.5 Å². The zero-order valence-electron chi connectivity index (χ0n) is 9.37. The second-order valence-corrected chi connectivity index (χ2v) is 4.54. The van der Waals surface area contributed by atoms with Crippen LogP contribution < -0.4 is 11.1 Å². The van der Waals surface area contributed by atoms with Gasteiger partial charge >= 0.3 is 0 Å². The van der Waals surface area contributed by atoms with E-state index in [0.29, 0.717) is 6.04 Å². The van der Waals surface area contributed by atoms with E-state index in [1.807, 2.05) is 6.92 Å². The molecule has 0 radical (unpaired) electrons. The van der Waals surface area contributed by atoms with Crippen LogP contribution in [0.5, 0.6) is 0 Å². The first kappa shape index (κ1) is 10.5. The highest BCUT2D eigenvalue weighted by Crippen LogP contribution is 2.22.